The molecule has 0 radical (unpaired) electrons. The molecule has 4 bridgehead atoms. The molecule has 26 heavy (non-hydrogen) atoms. The van der Waals surface area contributed by atoms with E-state index in [4.69, 9.17) is 0 Å². The molecule has 1 atom stereocenters. The lowest BCUT2D eigenvalue weighted by Gasteiger charge is -2.57. The van der Waals surface area contributed by atoms with Crippen LogP contribution in [-0.4, -0.2) is 29.8 Å². The summed E-state index contributed by atoms with van der Waals surface area (Å²) < 4.78 is 0. The highest BCUT2D eigenvalue weighted by Crippen LogP contribution is 2.61. The van der Waals surface area contributed by atoms with Crippen molar-refractivity contribution >= 4 is 11.8 Å². The van der Waals surface area contributed by atoms with Crippen molar-refractivity contribution in [1.82, 2.24) is 10.2 Å². The number of carbonyl (C=O) groups excluding carboxylic acids is 2. The first-order valence-corrected chi connectivity index (χ1v) is 10.3. The first-order valence-electron chi connectivity index (χ1n) is 10.3. The Kier molecular flexibility index (Phi) is 3.84. The van der Waals surface area contributed by atoms with E-state index in [1.54, 1.807) is 0 Å². The van der Waals surface area contributed by atoms with Gasteiger partial charge in [0.1, 0.15) is 0 Å². The van der Waals surface area contributed by atoms with Gasteiger partial charge in [0.25, 0.3) is 0 Å². The topological polar surface area (TPSA) is 49.4 Å². The predicted molar refractivity (Wildman–Crippen MR) is 99.1 cm³/mol. The Labute approximate surface area is 155 Å². The van der Waals surface area contributed by atoms with Crippen LogP contribution in [0.2, 0.25) is 0 Å². The zero-order chi connectivity index (χ0) is 17.7. The second-order valence-electron chi connectivity index (χ2n) is 9.30. The molecule has 1 heterocycles. The van der Waals surface area contributed by atoms with Gasteiger partial charge in [-0.2, -0.15) is 0 Å². The number of hydrogen-bond acceptors (Lipinski definition) is 2. The molecule has 0 unspecified atom stereocenters. The fraction of sp³-hybridized carbons (Fsp3) is 0.636. The number of piperazine rings is 1. The maximum Gasteiger partial charge on any atom is 0.312 e. The van der Waals surface area contributed by atoms with Gasteiger partial charge in [0.2, 0.25) is 0 Å². The van der Waals surface area contributed by atoms with Crippen LogP contribution < -0.4 is 5.32 Å². The van der Waals surface area contributed by atoms with E-state index >= 15 is 0 Å². The lowest BCUT2D eigenvalue weighted by molar-refractivity contribution is -0.151. The molecule has 0 aromatic heterocycles. The normalized spacial score (nSPS) is 38.5. The van der Waals surface area contributed by atoms with E-state index in [1.807, 2.05) is 23.1 Å². The van der Waals surface area contributed by atoms with Crippen molar-refractivity contribution < 1.29 is 9.59 Å². The molecule has 5 aliphatic rings. The van der Waals surface area contributed by atoms with Crippen molar-refractivity contribution in [3.8, 4) is 0 Å². The molecule has 4 saturated carbocycles. The van der Waals surface area contributed by atoms with Gasteiger partial charge in [0.15, 0.2) is 0 Å². The molecule has 1 aromatic rings. The van der Waals surface area contributed by atoms with Crippen molar-refractivity contribution in [2.24, 2.45) is 23.2 Å². The average Bonchev–Trinajstić information content (AvgIpc) is 2.62. The summed E-state index contributed by atoms with van der Waals surface area (Å²) in [4.78, 5) is 26.5. The zero-order valence-electron chi connectivity index (χ0n) is 15.3. The molecule has 1 N–H and O–H groups in total. The first kappa shape index (κ1) is 16.3. The third kappa shape index (κ3) is 2.74. The van der Waals surface area contributed by atoms with E-state index in [0.717, 1.165) is 36.3 Å². The van der Waals surface area contributed by atoms with Gasteiger partial charge >= 0.3 is 11.8 Å². The van der Waals surface area contributed by atoms with Crippen molar-refractivity contribution in [1.29, 1.82) is 0 Å². The van der Waals surface area contributed by atoms with Crippen molar-refractivity contribution in [2.45, 2.75) is 51.0 Å². The molecule has 4 aliphatic carbocycles. The SMILES string of the molecule is O=C1NC[C@H](c2ccccc2)N(CCC23CC4CC(CC(C4)C2)C3)C1=O. The standard InChI is InChI=1S/C22H28N2O2/c25-20-21(26)24(19(14-23-20)18-4-2-1-3-5-18)7-6-22-11-15-8-16(12-22)10-17(9-15)13-22/h1-5,15-17,19H,6-14H2,(H,23,25)/t15?,16?,17?,19-,22?/m1/s1. The highest BCUT2D eigenvalue weighted by molar-refractivity contribution is 6.35. The van der Waals surface area contributed by atoms with Crippen LogP contribution >= 0.6 is 0 Å². The molecular weight excluding hydrogens is 324 g/mol. The second kappa shape index (κ2) is 6.11. The van der Waals surface area contributed by atoms with E-state index in [2.05, 4.69) is 17.4 Å². The molecule has 0 spiro atoms. The maximum absolute atomic E-state index is 12.6. The Morgan fingerprint density at radius 3 is 2.19 bits per heavy atom. The molecule has 1 aliphatic heterocycles. The van der Waals surface area contributed by atoms with Gasteiger partial charge in [0, 0.05) is 13.1 Å². The number of hydrogen-bond donors (Lipinski definition) is 1. The Morgan fingerprint density at radius 1 is 0.962 bits per heavy atom. The Hall–Kier alpha value is -1.84. The minimum absolute atomic E-state index is 0.0321. The number of rotatable bonds is 4. The van der Waals surface area contributed by atoms with Crippen LogP contribution in [0.5, 0.6) is 0 Å². The van der Waals surface area contributed by atoms with Gasteiger partial charge in [-0.1, -0.05) is 30.3 Å². The van der Waals surface area contributed by atoms with Crippen molar-refractivity contribution in [3.63, 3.8) is 0 Å². The fourth-order valence-corrected chi connectivity index (χ4v) is 6.83. The highest BCUT2D eigenvalue weighted by Gasteiger charge is 2.51. The minimum Gasteiger partial charge on any atom is -0.345 e. The number of nitrogens with zero attached hydrogens (tertiary/aromatic N) is 1. The largest absolute Gasteiger partial charge is 0.345 e. The van der Waals surface area contributed by atoms with Crippen LogP contribution in [-0.2, 0) is 9.59 Å². The number of amides is 2. The van der Waals surface area contributed by atoms with Crippen LogP contribution in [0.15, 0.2) is 30.3 Å². The molecule has 4 heteroatoms. The maximum atomic E-state index is 12.6. The Morgan fingerprint density at radius 2 is 1.58 bits per heavy atom. The van der Waals surface area contributed by atoms with Gasteiger partial charge in [-0.15, -0.1) is 0 Å². The van der Waals surface area contributed by atoms with Gasteiger partial charge in [-0.3, -0.25) is 9.59 Å². The summed E-state index contributed by atoms with van der Waals surface area (Å²) in [6, 6.07) is 10.1. The Bertz CT molecular complexity index is 679. The molecule has 6 rings (SSSR count). The lowest BCUT2D eigenvalue weighted by Crippen LogP contribution is -2.55. The van der Waals surface area contributed by atoms with E-state index < -0.39 is 5.91 Å². The summed E-state index contributed by atoms with van der Waals surface area (Å²) in [5, 5.41) is 2.77. The van der Waals surface area contributed by atoms with Crippen LogP contribution in [0.25, 0.3) is 0 Å². The summed E-state index contributed by atoms with van der Waals surface area (Å²) >= 11 is 0. The number of nitrogens with one attached hydrogen (secondary N) is 1. The molecule has 2 amide bonds. The molecule has 1 aromatic carbocycles. The quantitative estimate of drug-likeness (QED) is 0.846. The van der Waals surface area contributed by atoms with Crippen LogP contribution in [0.4, 0.5) is 0 Å². The minimum atomic E-state index is -0.442. The molecule has 4 nitrogen and oxygen atoms in total. The summed E-state index contributed by atoms with van der Waals surface area (Å²) in [5.41, 5.74) is 1.55. The van der Waals surface area contributed by atoms with E-state index in [9.17, 15) is 9.59 Å². The van der Waals surface area contributed by atoms with Gasteiger partial charge in [0.05, 0.1) is 6.04 Å². The Balaban J connectivity index is 1.35. The number of carbonyl (C=O) groups is 2. The molecule has 138 valence electrons. The molecule has 5 fully saturated rings. The average molecular weight is 352 g/mol. The monoisotopic (exact) mass is 352 g/mol. The predicted octanol–water partition coefficient (Wildman–Crippen LogP) is 3.29. The third-order valence-electron chi connectivity index (χ3n) is 7.52. The summed E-state index contributed by atoms with van der Waals surface area (Å²) in [7, 11) is 0. The summed E-state index contributed by atoms with van der Waals surface area (Å²) in [6.45, 7) is 1.24. The third-order valence-corrected chi connectivity index (χ3v) is 7.52. The highest BCUT2D eigenvalue weighted by atomic mass is 16.2. The van der Waals surface area contributed by atoms with E-state index in [0.29, 0.717) is 12.0 Å². The summed E-state index contributed by atoms with van der Waals surface area (Å²) in [5.74, 6) is 1.97. The van der Waals surface area contributed by atoms with Gasteiger partial charge in [-0.05, 0) is 73.7 Å². The smallest absolute Gasteiger partial charge is 0.312 e. The second-order valence-corrected chi connectivity index (χ2v) is 9.30. The molecular formula is C22H28N2O2. The van der Waals surface area contributed by atoms with Gasteiger partial charge < -0.3 is 10.2 Å². The molecule has 1 saturated heterocycles. The van der Waals surface area contributed by atoms with E-state index in [1.165, 1.54) is 38.5 Å². The van der Waals surface area contributed by atoms with E-state index in [-0.39, 0.29) is 11.9 Å². The van der Waals surface area contributed by atoms with Gasteiger partial charge in [-0.25, -0.2) is 0 Å². The van der Waals surface area contributed by atoms with Crippen molar-refractivity contribution in [3.05, 3.63) is 35.9 Å². The van der Waals surface area contributed by atoms with Crippen LogP contribution in [0.3, 0.4) is 0 Å². The lowest BCUT2D eigenvalue weighted by atomic mass is 9.49. The first-order chi connectivity index (χ1) is 12.6. The summed E-state index contributed by atoms with van der Waals surface area (Å²) in [6.07, 6.45) is 9.44. The fourth-order valence-electron chi connectivity index (χ4n) is 6.83. The number of benzene rings is 1. The zero-order valence-corrected chi connectivity index (χ0v) is 15.3. The van der Waals surface area contributed by atoms with Crippen LogP contribution in [0, 0.1) is 23.2 Å². The van der Waals surface area contributed by atoms with Crippen LogP contribution in [0.1, 0.15) is 56.6 Å². The van der Waals surface area contributed by atoms with Crippen molar-refractivity contribution in [2.75, 3.05) is 13.1 Å².